The molecule has 23 heavy (non-hydrogen) atoms. The molecule has 0 bridgehead atoms. The number of hydrogen-bond donors (Lipinski definition) is 1. The largest absolute Gasteiger partial charge is 0.477 e. The Bertz CT molecular complexity index is 838. The van der Waals surface area contributed by atoms with E-state index in [0.29, 0.717) is 23.4 Å². The molecule has 7 heteroatoms. The molecule has 1 aromatic carbocycles. The van der Waals surface area contributed by atoms with Gasteiger partial charge in [-0.3, -0.25) is 4.68 Å². The smallest absolute Gasteiger partial charge is 0.346 e. The van der Waals surface area contributed by atoms with Gasteiger partial charge in [0.1, 0.15) is 17.5 Å². The molecular formula is C16H11FN4O2. The van der Waals surface area contributed by atoms with Crippen molar-refractivity contribution in [2.24, 2.45) is 0 Å². The molecule has 0 amide bonds. The number of benzene rings is 1. The summed E-state index contributed by atoms with van der Waals surface area (Å²) in [6.45, 7) is 0.327. The van der Waals surface area contributed by atoms with Crippen molar-refractivity contribution in [3.05, 3.63) is 47.4 Å². The van der Waals surface area contributed by atoms with Gasteiger partial charge in [-0.05, 0) is 30.3 Å². The Morgan fingerprint density at radius 2 is 2.04 bits per heavy atom. The molecule has 0 radical (unpaired) electrons. The summed E-state index contributed by atoms with van der Waals surface area (Å²) in [6.07, 6.45) is 2.99. The minimum absolute atomic E-state index is 0.234. The molecule has 1 N–H and O–H groups in total. The van der Waals surface area contributed by atoms with E-state index in [1.54, 1.807) is 12.3 Å². The van der Waals surface area contributed by atoms with Crippen molar-refractivity contribution in [1.82, 2.24) is 9.78 Å². The molecule has 0 aliphatic heterocycles. The zero-order chi connectivity index (χ0) is 16.8. The predicted molar refractivity (Wildman–Crippen MR) is 79.1 cm³/mol. The van der Waals surface area contributed by atoms with Crippen molar-refractivity contribution >= 4 is 12.0 Å². The summed E-state index contributed by atoms with van der Waals surface area (Å²) in [5.41, 5.74) is 0.967. The van der Waals surface area contributed by atoms with E-state index in [1.807, 2.05) is 6.07 Å². The SMILES string of the molecule is N#CCCn1cc(/C=C(\C#N)C(=O)O)c(-c2ccc(F)cc2)n1. The lowest BCUT2D eigenvalue weighted by molar-refractivity contribution is -0.132. The van der Waals surface area contributed by atoms with E-state index in [1.165, 1.54) is 35.0 Å². The molecule has 0 saturated heterocycles. The standard InChI is InChI=1S/C16H11FN4O2/c17-14-4-2-11(3-5-14)15-13(8-12(9-19)16(22)23)10-21(20-15)7-1-6-18/h2-5,8,10H,1,7H2,(H,22,23)/b12-8+. The number of halogens is 1. The quantitative estimate of drug-likeness (QED) is 0.675. The Labute approximate surface area is 131 Å². The first-order valence-corrected chi connectivity index (χ1v) is 6.60. The van der Waals surface area contributed by atoms with Crippen molar-refractivity contribution in [2.45, 2.75) is 13.0 Å². The van der Waals surface area contributed by atoms with E-state index in [-0.39, 0.29) is 6.42 Å². The van der Waals surface area contributed by atoms with Crippen LogP contribution in [0.4, 0.5) is 4.39 Å². The summed E-state index contributed by atoms with van der Waals surface area (Å²) < 4.78 is 14.5. The molecule has 6 nitrogen and oxygen atoms in total. The van der Waals surface area contributed by atoms with Gasteiger partial charge in [-0.2, -0.15) is 15.6 Å². The van der Waals surface area contributed by atoms with E-state index >= 15 is 0 Å². The monoisotopic (exact) mass is 310 g/mol. The molecule has 114 valence electrons. The predicted octanol–water partition coefficient (Wildman–Crippen LogP) is 2.59. The summed E-state index contributed by atoms with van der Waals surface area (Å²) in [4.78, 5) is 11.0. The third-order valence-corrected chi connectivity index (χ3v) is 3.01. The molecule has 2 aromatic rings. The second-order valence-corrected chi connectivity index (χ2v) is 4.59. The lowest BCUT2D eigenvalue weighted by atomic mass is 10.1. The minimum Gasteiger partial charge on any atom is -0.477 e. The number of carboxylic acid groups (broad SMARTS) is 1. The van der Waals surface area contributed by atoms with Crippen molar-refractivity contribution in [1.29, 1.82) is 10.5 Å². The average molecular weight is 310 g/mol. The second-order valence-electron chi connectivity index (χ2n) is 4.59. The van der Waals surface area contributed by atoms with Gasteiger partial charge in [0, 0.05) is 17.3 Å². The van der Waals surface area contributed by atoms with E-state index < -0.39 is 17.4 Å². The normalized spacial score (nSPS) is 10.8. The molecule has 1 heterocycles. The van der Waals surface area contributed by atoms with Gasteiger partial charge in [-0.1, -0.05) is 0 Å². The summed E-state index contributed by atoms with van der Waals surface area (Å²) in [6, 6.07) is 9.14. The number of aryl methyl sites for hydroxylation is 1. The minimum atomic E-state index is -1.35. The Morgan fingerprint density at radius 3 is 2.61 bits per heavy atom. The molecule has 2 rings (SSSR count). The van der Waals surface area contributed by atoms with Crippen molar-refractivity contribution in [3.8, 4) is 23.4 Å². The van der Waals surface area contributed by atoms with Crippen molar-refractivity contribution < 1.29 is 14.3 Å². The average Bonchev–Trinajstić information content (AvgIpc) is 2.94. The number of aliphatic carboxylic acids is 1. The maximum Gasteiger partial charge on any atom is 0.346 e. The van der Waals surface area contributed by atoms with Crippen LogP contribution in [-0.4, -0.2) is 20.9 Å². The Balaban J connectivity index is 2.53. The summed E-state index contributed by atoms with van der Waals surface area (Å²) in [7, 11) is 0. The molecule has 0 fully saturated rings. The van der Waals surface area contributed by atoms with Crippen LogP contribution in [-0.2, 0) is 11.3 Å². The van der Waals surface area contributed by atoms with Crippen LogP contribution < -0.4 is 0 Å². The fourth-order valence-corrected chi connectivity index (χ4v) is 1.95. The van der Waals surface area contributed by atoms with Crippen LogP contribution >= 0.6 is 0 Å². The van der Waals surface area contributed by atoms with Crippen molar-refractivity contribution in [3.63, 3.8) is 0 Å². The number of aromatic nitrogens is 2. The number of nitrogens with zero attached hydrogens (tertiary/aromatic N) is 4. The highest BCUT2D eigenvalue weighted by molar-refractivity contribution is 5.97. The fraction of sp³-hybridized carbons (Fsp3) is 0.125. The van der Waals surface area contributed by atoms with Crippen LogP contribution in [0.2, 0.25) is 0 Å². The van der Waals surface area contributed by atoms with Crippen molar-refractivity contribution in [2.75, 3.05) is 0 Å². The van der Waals surface area contributed by atoms with Crippen LogP contribution in [0.15, 0.2) is 36.0 Å². The van der Waals surface area contributed by atoms with E-state index in [2.05, 4.69) is 5.10 Å². The zero-order valence-electron chi connectivity index (χ0n) is 11.9. The summed E-state index contributed by atoms with van der Waals surface area (Å²) in [5.74, 6) is -1.75. The van der Waals surface area contributed by atoms with Gasteiger partial charge < -0.3 is 5.11 Å². The van der Waals surface area contributed by atoms with Crippen LogP contribution in [0.5, 0.6) is 0 Å². The first-order chi connectivity index (χ1) is 11.0. The highest BCUT2D eigenvalue weighted by atomic mass is 19.1. The first-order valence-electron chi connectivity index (χ1n) is 6.60. The molecular weight excluding hydrogens is 299 g/mol. The van der Waals surface area contributed by atoms with Gasteiger partial charge in [0.2, 0.25) is 0 Å². The van der Waals surface area contributed by atoms with Crippen LogP contribution in [0.3, 0.4) is 0 Å². The number of hydrogen-bond acceptors (Lipinski definition) is 4. The molecule has 1 aromatic heterocycles. The Morgan fingerprint density at radius 1 is 1.35 bits per heavy atom. The topological polar surface area (TPSA) is 103 Å². The molecule has 0 atom stereocenters. The van der Waals surface area contributed by atoms with Gasteiger partial charge in [0.15, 0.2) is 0 Å². The number of carboxylic acids is 1. The maximum absolute atomic E-state index is 13.1. The maximum atomic E-state index is 13.1. The third kappa shape index (κ3) is 3.80. The lowest BCUT2D eigenvalue weighted by Crippen LogP contribution is -1.97. The van der Waals surface area contributed by atoms with Gasteiger partial charge in [-0.15, -0.1) is 0 Å². The zero-order valence-corrected chi connectivity index (χ0v) is 11.9. The Kier molecular flexibility index (Phi) is 4.85. The molecule has 0 aliphatic rings. The lowest BCUT2D eigenvalue weighted by Gasteiger charge is -1.99. The summed E-state index contributed by atoms with van der Waals surface area (Å²) in [5, 5.41) is 30.8. The fourth-order valence-electron chi connectivity index (χ4n) is 1.95. The van der Waals surface area contributed by atoms with E-state index in [4.69, 9.17) is 15.6 Å². The Hall–Kier alpha value is -3.45. The van der Waals surface area contributed by atoms with E-state index in [0.717, 1.165) is 0 Å². The molecule has 0 unspecified atom stereocenters. The van der Waals surface area contributed by atoms with Gasteiger partial charge in [0.05, 0.1) is 24.7 Å². The van der Waals surface area contributed by atoms with Gasteiger partial charge in [-0.25, -0.2) is 9.18 Å². The second kappa shape index (κ2) is 7.01. The first kappa shape index (κ1) is 15.9. The molecule has 0 saturated carbocycles. The molecule has 0 spiro atoms. The van der Waals surface area contributed by atoms with Crippen LogP contribution in [0.25, 0.3) is 17.3 Å². The highest BCUT2D eigenvalue weighted by Crippen LogP contribution is 2.24. The molecule has 0 aliphatic carbocycles. The van der Waals surface area contributed by atoms with Gasteiger partial charge in [0.25, 0.3) is 0 Å². The number of carbonyl (C=O) groups is 1. The van der Waals surface area contributed by atoms with Gasteiger partial charge >= 0.3 is 5.97 Å². The summed E-state index contributed by atoms with van der Waals surface area (Å²) >= 11 is 0. The van der Waals surface area contributed by atoms with E-state index in [9.17, 15) is 9.18 Å². The third-order valence-electron chi connectivity index (χ3n) is 3.01. The highest BCUT2D eigenvalue weighted by Gasteiger charge is 2.13. The van der Waals surface area contributed by atoms with Crippen LogP contribution in [0.1, 0.15) is 12.0 Å². The number of rotatable bonds is 5. The number of nitriles is 2. The van der Waals surface area contributed by atoms with Crippen LogP contribution in [0, 0.1) is 28.5 Å².